The lowest BCUT2D eigenvalue weighted by atomic mass is 9.85. The summed E-state index contributed by atoms with van der Waals surface area (Å²) in [5, 5.41) is 16.2. The first-order valence-corrected chi connectivity index (χ1v) is 17.2. The topological polar surface area (TPSA) is 131 Å². The van der Waals surface area contributed by atoms with E-state index in [1.54, 1.807) is 18.9 Å². The Morgan fingerprint density at radius 3 is 2.59 bits per heavy atom. The van der Waals surface area contributed by atoms with Crippen molar-refractivity contribution in [3.63, 3.8) is 0 Å². The molecule has 2 amide bonds. The van der Waals surface area contributed by atoms with Gasteiger partial charge in [-0.15, -0.1) is 0 Å². The van der Waals surface area contributed by atoms with E-state index in [-0.39, 0.29) is 74.2 Å². The van der Waals surface area contributed by atoms with E-state index in [2.05, 4.69) is 63.5 Å². The van der Waals surface area contributed by atoms with Crippen LogP contribution in [0.4, 0.5) is 4.79 Å². The molecule has 0 aromatic rings. The van der Waals surface area contributed by atoms with Crippen molar-refractivity contribution >= 4 is 12.0 Å². The Balaban J connectivity index is 1.31. The molecule has 264 valence electrons. The highest BCUT2D eigenvalue weighted by molar-refractivity contribution is 5.75. The minimum absolute atomic E-state index is 0.00675. The number of likely N-dealkylation sites (tertiary alicyclic amines) is 1. The molecule has 0 radical (unpaired) electrons. The number of ether oxygens (including phenoxy) is 5. The number of rotatable bonds is 18. The average molecular weight is 652 g/mol. The molecule has 3 rings (SSSR count). The van der Waals surface area contributed by atoms with Gasteiger partial charge in [-0.3, -0.25) is 4.79 Å². The van der Waals surface area contributed by atoms with Crippen LogP contribution >= 0.6 is 0 Å². The normalized spacial score (nSPS) is 31.0. The highest BCUT2D eigenvalue weighted by Gasteiger charge is 2.56. The van der Waals surface area contributed by atoms with Crippen LogP contribution < -0.4 is 10.6 Å². The summed E-state index contributed by atoms with van der Waals surface area (Å²) in [5.74, 6) is 0.755. The molecule has 3 saturated heterocycles. The van der Waals surface area contributed by atoms with Crippen molar-refractivity contribution < 1.29 is 38.4 Å². The third-order valence-corrected chi connectivity index (χ3v) is 9.77. The number of nitrogens with one attached hydrogen (secondary N) is 2. The molecule has 3 fully saturated rings. The fourth-order valence-electron chi connectivity index (χ4n) is 7.05. The van der Waals surface area contributed by atoms with E-state index in [0.29, 0.717) is 37.5 Å². The number of hydrogen-bond acceptors (Lipinski definition) is 9. The van der Waals surface area contributed by atoms with Crippen LogP contribution in [0.3, 0.4) is 0 Å². The maximum absolute atomic E-state index is 12.4. The van der Waals surface area contributed by atoms with Crippen LogP contribution in [-0.4, -0.2) is 118 Å². The number of amides is 2. The number of epoxide rings is 1. The second-order valence-corrected chi connectivity index (χ2v) is 13.9. The molecule has 0 aromatic heterocycles. The van der Waals surface area contributed by atoms with E-state index in [4.69, 9.17) is 23.7 Å². The summed E-state index contributed by atoms with van der Waals surface area (Å²) in [7, 11) is 3.53. The SMILES string of the molecule is CNC1CCN(C(=O)OCCOCCC(=O)NC[C@H]2CC[C@H](C)[C@@H](/C(C)=C/C=C/[C@@H](C)C[C@@]3(C)O[C@@H]3[C@H](C)[C@@H](OC)[C@@H](C)O)O2)C1. The monoisotopic (exact) mass is 651 g/mol. The number of hydrogen-bond donors (Lipinski definition) is 3. The molecule has 3 aliphatic rings. The maximum Gasteiger partial charge on any atom is 0.409 e. The predicted octanol–water partition coefficient (Wildman–Crippen LogP) is 3.84. The third-order valence-electron chi connectivity index (χ3n) is 9.77. The summed E-state index contributed by atoms with van der Waals surface area (Å²) in [5.41, 5.74) is 0.963. The molecule has 0 saturated carbocycles. The molecule has 0 bridgehead atoms. The largest absolute Gasteiger partial charge is 0.447 e. The van der Waals surface area contributed by atoms with Crippen LogP contribution in [0.15, 0.2) is 23.8 Å². The standard InChI is InChI=1S/C35H61N3O8/c1-23(20-35(6)33(46-35)26(4)32(42-8)27(5)39)10-9-11-24(2)31-25(3)12-13-29(45-31)21-37-30(40)15-17-43-18-19-44-34(41)38-16-14-28(22-38)36-7/h9-11,23,25-29,31-33,36,39H,12-22H2,1-8H3,(H,37,40)/b10-9+,24-11+/t23-,25+,26-,27-,28?,29-,31-,32-,33-,35-/m1/s1. The highest BCUT2D eigenvalue weighted by atomic mass is 16.6. The first kappa shape index (κ1) is 38.4. The molecular formula is C35H61N3O8. The first-order chi connectivity index (χ1) is 21.9. The summed E-state index contributed by atoms with van der Waals surface area (Å²) in [6.07, 6.45) is 9.43. The number of methoxy groups -OCH3 is 1. The molecule has 1 unspecified atom stereocenters. The minimum atomic E-state index is -0.540. The number of carbonyl (C=O) groups excluding carboxylic acids is 2. The Hall–Kier alpha value is -2.02. The zero-order chi connectivity index (χ0) is 33.9. The van der Waals surface area contributed by atoms with Crippen LogP contribution in [0.1, 0.15) is 73.6 Å². The minimum Gasteiger partial charge on any atom is -0.447 e. The summed E-state index contributed by atoms with van der Waals surface area (Å²) in [6.45, 7) is 15.1. The number of carbonyl (C=O) groups is 2. The Kier molecular flexibility index (Phi) is 15.5. The zero-order valence-corrected chi connectivity index (χ0v) is 29.5. The van der Waals surface area contributed by atoms with Crippen molar-refractivity contribution in [2.75, 3.05) is 53.6 Å². The van der Waals surface area contributed by atoms with Crippen molar-refractivity contribution in [2.45, 2.75) is 116 Å². The van der Waals surface area contributed by atoms with E-state index in [9.17, 15) is 14.7 Å². The van der Waals surface area contributed by atoms with Crippen molar-refractivity contribution in [1.82, 2.24) is 15.5 Å². The molecule has 10 atom stereocenters. The van der Waals surface area contributed by atoms with Gasteiger partial charge < -0.3 is 44.3 Å². The van der Waals surface area contributed by atoms with E-state index in [0.717, 1.165) is 25.7 Å². The van der Waals surface area contributed by atoms with Crippen LogP contribution in [0.25, 0.3) is 0 Å². The summed E-state index contributed by atoms with van der Waals surface area (Å²) >= 11 is 0. The molecule has 0 spiro atoms. The van der Waals surface area contributed by atoms with Crippen molar-refractivity contribution in [3.05, 3.63) is 23.8 Å². The lowest BCUT2D eigenvalue weighted by Crippen LogP contribution is -2.41. The number of allylic oxidation sites excluding steroid dienone is 3. The van der Waals surface area contributed by atoms with Gasteiger partial charge in [0.1, 0.15) is 6.61 Å². The van der Waals surface area contributed by atoms with Gasteiger partial charge >= 0.3 is 6.09 Å². The van der Waals surface area contributed by atoms with Gasteiger partial charge in [-0.05, 0) is 70.9 Å². The van der Waals surface area contributed by atoms with Gasteiger partial charge in [0.2, 0.25) is 5.91 Å². The quantitative estimate of drug-likeness (QED) is 0.115. The molecule has 3 heterocycles. The molecule has 11 heteroatoms. The number of aliphatic hydroxyl groups excluding tert-OH is 1. The second kappa shape index (κ2) is 18.5. The van der Waals surface area contributed by atoms with Gasteiger partial charge in [0.15, 0.2) is 0 Å². The smallest absolute Gasteiger partial charge is 0.409 e. The molecule has 0 aliphatic carbocycles. The van der Waals surface area contributed by atoms with E-state index < -0.39 is 6.10 Å². The van der Waals surface area contributed by atoms with Crippen molar-refractivity contribution in [1.29, 1.82) is 0 Å². The van der Waals surface area contributed by atoms with Gasteiger partial charge in [0.05, 0.1) is 49.3 Å². The predicted molar refractivity (Wildman–Crippen MR) is 177 cm³/mol. The van der Waals surface area contributed by atoms with Gasteiger partial charge in [-0.2, -0.15) is 0 Å². The fourth-order valence-corrected chi connectivity index (χ4v) is 7.05. The van der Waals surface area contributed by atoms with Gasteiger partial charge in [-0.1, -0.05) is 39.0 Å². The van der Waals surface area contributed by atoms with Crippen LogP contribution in [0, 0.1) is 17.8 Å². The van der Waals surface area contributed by atoms with Gasteiger partial charge in [0.25, 0.3) is 0 Å². The van der Waals surface area contributed by atoms with Crippen molar-refractivity contribution in [2.24, 2.45) is 17.8 Å². The zero-order valence-electron chi connectivity index (χ0n) is 29.5. The van der Waals surface area contributed by atoms with Crippen LogP contribution in [0.5, 0.6) is 0 Å². The van der Waals surface area contributed by atoms with Gasteiger partial charge in [-0.25, -0.2) is 4.79 Å². The van der Waals surface area contributed by atoms with E-state index in [1.807, 2.05) is 7.05 Å². The number of nitrogens with zero attached hydrogens (tertiary/aromatic N) is 1. The lowest BCUT2D eigenvalue weighted by molar-refractivity contribution is -0.124. The Labute approximate surface area is 276 Å². The molecule has 3 aliphatic heterocycles. The van der Waals surface area contributed by atoms with E-state index >= 15 is 0 Å². The Bertz CT molecular complexity index is 1020. The summed E-state index contributed by atoms with van der Waals surface area (Å²) in [4.78, 5) is 26.2. The van der Waals surface area contributed by atoms with Crippen LogP contribution in [-0.2, 0) is 28.5 Å². The Morgan fingerprint density at radius 1 is 1.15 bits per heavy atom. The van der Waals surface area contributed by atoms with E-state index in [1.165, 1.54) is 5.57 Å². The second-order valence-electron chi connectivity index (χ2n) is 13.9. The molecule has 3 N–H and O–H groups in total. The average Bonchev–Trinajstić information content (AvgIpc) is 3.43. The highest BCUT2D eigenvalue weighted by Crippen LogP contribution is 2.47. The Morgan fingerprint density at radius 2 is 1.91 bits per heavy atom. The third kappa shape index (κ3) is 11.6. The molecular weight excluding hydrogens is 590 g/mol. The van der Waals surface area contributed by atoms with Gasteiger partial charge in [0, 0.05) is 45.1 Å². The van der Waals surface area contributed by atoms with Crippen molar-refractivity contribution in [3.8, 4) is 0 Å². The lowest BCUT2D eigenvalue weighted by Gasteiger charge is -2.35. The molecule has 0 aromatic carbocycles. The summed E-state index contributed by atoms with van der Waals surface area (Å²) in [6, 6.07) is 0.321. The first-order valence-electron chi connectivity index (χ1n) is 17.2. The van der Waals surface area contributed by atoms with Crippen LogP contribution in [0.2, 0.25) is 0 Å². The summed E-state index contributed by atoms with van der Waals surface area (Å²) < 4.78 is 28.8. The molecule has 46 heavy (non-hydrogen) atoms. The fraction of sp³-hybridized carbons (Fsp3) is 0.829. The molecule has 11 nitrogen and oxygen atoms in total. The number of aliphatic hydroxyl groups is 1. The number of likely N-dealkylation sites (N-methyl/N-ethyl adjacent to an activating group) is 1. The maximum atomic E-state index is 12.4.